The van der Waals surface area contributed by atoms with Crippen LogP contribution in [0.3, 0.4) is 0 Å². The summed E-state index contributed by atoms with van der Waals surface area (Å²) in [5, 5.41) is 11.0. The van der Waals surface area contributed by atoms with E-state index in [1.807, 2.05) is 36.8 Å². The van der Waals surface area contributed by atoms with Gasteiger partial charge in [-0.1, -0.05) is 36.8 Å². The first kappa shape index (κ1) is 21.1. The summed E-state index contributed by atoms with van der Waals surface area (Å²) in [4.78, 5) is 22.1. The zero-order valence-corrected chi connectivity index (χ0v) is 19.5. The van der Waals surface area contributed by atoms with E-state index in [9.17, 15) is 0 Å². The lowest BCUT2D eigenvalue weighted by atomic mass is 10.0. The molecule has 1 aromatic carbocycles. The quantitative estimate of drug-likeness (QED) is 0.321. The third-order valence-electron chi connectivity index (χ3n) is 6.03. The van der Waals surface area contributed by atoms with Crippen molar-refractivity contribution >= 4 is 22.1 Å². The number of aromatic amines is 2. The molecular weight excluding hydrogens is 436 g/mol. The number of benzene rings is 1. The summed E-state index contributed by atoms with van der Waals surface area (Å²) in [5.74, 6) is 0.650. The first-order valence-corrected chi connectivity index (χ1v) is 11.6. The topological polar surface area (TPSA) is 108 Å². The molecule has 6 rings (SSSR count). The zero-order valence-electron chi connectivity index (χ0n) is 19.5. The Kier molecular flexibility index (Phi) is 5.27. The number of H-pyrrole nitrogens is 2. The van der Waals surface area contributed by atoms with Crippen molar-refractivity contribution in [1.29, 1.82) is 0 Å². The van der Waals surface area contributed by atoms with Crippen LogP contribution < -0.4 is 5.32 Å². The summed E-state index contributed by atoms with van der Waals surface area (Å²) >= 11 is 0. The van der Waals surface area contributed by atoms with Gasteiger partial charge in [-0.05, 0) is 42.8 Å². The smallest absolute Gasteiger partial charge is 0.161 e. The molecule has 8 heteroatoms. The highest BCUT2D eigenvalue weighted by Gasteiger charge is 2.17. The van der Waals surface area contributed by atoms with Gasteiger partial charge >= 0.3 is 0 Å². The largest absolute Gasteiger partial charge is 0.335 e. The van der Waals surface area contributed by atoms with Crippen molar-refractivity contribution in [2.24, 2.45) is 0 Å². The highest BCUT2D eigenvalue weighted by molar-refractivity contribution is 5.95. The predicted octanol–water partition coefficient (Wildman–Crippen LogP) is 5.04. The van der Waals surface area contributed by atoms with Crippen molar-refractivity contribution < 1.29 is 0 Å². The van der Waals surface area contributed by atoms with Gasteiger partial charge in [0.25, 0.3) is 0 Å². The van der Waals surface area contributed by atoms with E-state index < -0.39 is 0 Å². The monoisotopic (exact) mass is 460 g/mol. The fourth-order valence-corrected chi connectivity index (χ4v) is 4.29. The number of aryl methyl sites for hydroxylation is 1. The predicted molar refractivity (Wildman–Crippen MR) is 138 cm³/mol. The lowest BCUT2D eigenvalue weighted by Crippen LogP contribution is -2.11. The van der Waals surface area contributed by atoms with Gasteiger partial charge < -0.3 is 10.3 Å². The first-order valence-electron chi connectivity index (χ1n) is 11.6. The van der Waals surface area contributed by atoms with Crippen molar-refractivity contribution in [1.82, 2.24) is 40.4 Å². The fraction of sp³-hybridized carbons (Fsp3) is 0.148. The van der Waals surface area contributed by atoms with Gasteiger partial charge in [-0.2, -0.15) is 5.10 Å². The number of nitrogens with one attached hydrogen (secondary N) is 3. The van der Waals surface area contributed by atoms with E-state index in [-0.39, 0.29) is 0 Å². The molecule has 0 fully saturated rings. The highest BCUT2D eigenvalue weighted by Crippen LogP contribution is 2.31. The minimum atomic E-state index is 0.650. The molecule has 0 bridgehead atoms. The van der Waals surface area contributed by atoms with Gasteiger partial charge in [0.15, 0.2) is 11.5 Å². The molecule has 0 aliphatic heterocycles. The second-order valence-electron chi connectivity index (χ2n) is 8.57. The third-order valence-corrected chi connectivity index (χ3v) is 6.03. The molecule has 0 spiro atoms. The maximum atomic E-state index is 4.94. The number of rotatable bonds is 6. The zero-order chi connectivity index (χ0) is 23.8. The molecule has 0 aliphatic carbocycles. The fourth-order valence-electron chi connectivity index (χ4n) is 4.29. The van der Waals surface area contributed by atoms with Crippen molar-refractivity contribution in [3.8, 4) is 33.9 Å². The Balaban J connectivity index is 1.44. The minimum Gasteiger partial charge on any atom is -0.335 e. The van der Waals surface area contributed by atoms with Crippen LogP contribution in [-0.4, -0.2) is 41.7 Å². The Hall–Kier alpha value is -4.43. The van der Waals surface area contributed by atoms with Crippen LogP contribution in [0.5, 0.6) is 0 Å². The Morgan fingerprint density at radius 3 is 2.66 bits per heavy atom. The molecule has 172 valence electrons. The van der Waals surface area contributed by atoms with E-state index in [0.29, 0.717) is 11.5 Å². The van der Waals surface area contributed by atoms with E-state index in [0.717, 1.165) is 63.1 Å². The number of nitrogens with zero attached hydrogens (tertiary/aromatic N) is 5. The molecule has 3 N–H and O–H groups in total. The molecule has 0 saturated carbocycles. The molecule has 8 nitrogen and oxygen atoms in total. The molecule has 0 aliphatic rings. The van der Waals surface area contributed by atoms with E-state index in [1.54, 1.807) is 6.20 Å². The van der Waals surface area contributed by atoms with Crippen LogP contribution >= 0.6 is 0 Å². The number of pyridine rings is 3. The number of hydrogen-bond donors (Lipinski definition) is 3. The van der Waals surface area contributed by atoms with Gasteiger partial charge in [-0.25, -0.2) is 9.97 Å². The normalized spacial score (nSPS) is 11.5. The summed E-state index contributed by atoms with van der Waals surface area (Å²) < 4.78 is 0. The summed E-state index contributed by atoms with van der Waals surface area (Å²) in [5.41, 5.74) is 10.1. The Morgan fingerprint density at radius 2 is 1.77 bits per heavy atom. The van der Waals surface area contributed by atoms with Gasteiger partial charge in [0.2, 0.25) is 0 Å². The summed E-state index contributed by atoms with van der Waals surface area (Å²) in [6.45, 7) is 5.85. The third kappa shape index (κ3) is 3.94. The molecule has 5 aromatic heterocycles. The van der Waals surface area contributed by atoms with Crippen molar-refractivity contribution in [2.45, 2.75) is 20.4 Å². The van der Waals surface area contributed by atoms with E-state index in [4.69, 9.17) is 9.97 Å². The average molecular weight is 461 g/mol. The highest BCUT2D eigenvalue weighted by atomic mass is 15.1. The second kappa shape index (κ2) is 8.73. The maximum Gasteiger partial charge on any atom is 0.161 e. The molecule has 6 aromatic rings. The van der Waals surface area contributed by atoms with Crippen LogP contribution in [0.1, 0.15) is 18.1 Å². The first-order chi connectivity index (χ1) is 17.2. The molecule has 0 saturated heterocycles. The number of imidazole rings is 1. The Morgan fingerprint density at radius 1 is 0.857 bits per heavy atom. The summed E-state index contributed by atoms with van der Waals surface area (Å²) in [7, 11) is 0. The molecule has 35 heavy (non-hydrogen) atoms. The van der Waals surface area contributed by atoms with Gasteiger partial charge in [0.05, 0.1) is 28.4 Å². The van der Waals surface area contributed by atoms with Crippen LogP contribution in [-0.2, 0) is 6.54 Å². The summed E-state index contributed by atoms with van der Waals surface area (Å²) in [6.07, 6.45) is 7.36. The van der Waals surface area contributed by atoms with Gasteiger partial charge in [-0.15, -0.1) is 0 Å². The van der Waals surface area contributed by atoms with Gasteiger partial charge in [0, 0.05) is 36.3 Å². The van der Waals surface area contributed by atoms with Crippen LogP contribution in [0.4, 0.5) is 0 Å². The van der Waals surface area contributed by atoms with Crippen molar-refractivity contribution in [3.05, 3.63) is 78.4 Å². The standard InChI is InChI=1S/C27H24N8/c1-3-28-11-17-10-19(13-29-12-17)21-7-8-22-25(31-21)26(35-34-22)27-32-23-15-30-14-20(24(23)33-27)18-6-4-5-16(2)9-18/h4-10,12-15,28H,3,11H2,1-2H3,(H,32,33)(H,34,35). The Labute approximate surface area is 201 Å². The van der Waals surface area contributed by atoms with Crippen LogP contribution in [0.15, 0.2) is 67.3 Å². The van der Waals surface area contributed by atoms with Gasteiger partial charge in [-0.3, -0.25) is 15.1 Å². The number of fused-ring (bicyclic) bond motifs is 2. The van der Waals surface area contributed by atoms with Crippen molar-refractivity contribution in [3.63, 3.8) is 0 Å². The summed E-state index contributed by atoms with van der Waals surface area (Å²) in [6, 6.07) is 14.4. The van der Waals surface area contributed by atoms with Crippen LogP contribution in [0, 0.1) is 6.92 Å². The van der Waals surface area contributed by atoms with Crippen LogP contribution in [0.25, 0.3) is 56.0 Å². The molecule has 0 radical (unpaired) electrons. The molecule has 0 atom stereocenters. The lowest BCUT2D eigenvalue weighted by Gasteiger charge is -2.05. The van der Waals surface area contributed by atoms with E-state index in [1.165, 1.54) is 5.56 Å². The Bertz CT molecular complexity index is 1660. The molecule has 0 unspecified atom stereocenters. The van der Waals surface area contributed by atoms with Crippen molar-refractivity contribution in [2.75, 3.05) is 6.54 Å². The van der Waals surface area contributed by atoms with E-state index >= 15 is 0 Å². The van der Waals surface area contributed by atoms with E-state index in [2.05, 4.69) is 68.6 Å². The maximum absolute atomic E-state index is 4.94. The number of aromatic nitrogens is 7. The molecular formula is C27H24N8. The minimum absolute atomic E-state index is 0.650. The molecule has 0 amide bonds. The average Bonchev–Trinajstić information content (AvgIpc) is 3.51. The second-order valence-corrected chi connectivity index (χ2v) is 8.57. The molecule has 5 heterocycles. The van der Waals surface area contributed by atoms with Gasteiger partial charge in [0.1, 0.15) is 5.52 Å². The lowest BCUT2D eigenvalue weighted by molar-refractivity contribution is 0.724. The SMILES string of the molecule is CCNCc1cncc(-c2ccc3[nH]nc(-c4nc5c(-c6cccc(C)c6)cncc5[nH]4)c3n2)c1. The van der Waals surface area contributed by atoms with Crippen LogP contribution in [0.2, 0.25) is 0 Å². The number of hydrogen-bond acceptors (Lipinski definition) is 6.